The van der Waals surface area contributed by atoms with Gasteiger partial charge in [0, 0.05) is 0 Å². The normalized spacial score (nSPS) is 20.7. The first-order valence-electron chi connectivity index (χ1n) is 4.43. The molecule has 0 N–H and O–H groups in total. The summed E-state index contributed by atoms with van der Waals surface area (Å²) < 4.78 is 9.50. The molecule has 1 aliphatic heterocycles. The quantitative estimate of drug-likeness (QED) is 0.570. The smallest absolute Gasteiger partial charge is 0.0785 e. The van der Waals surface area contributed by atoms with Gasteiger partial charge in [-0.1, -0.05) is 13.8 Å². The molecule has 0 bridgehead atoms. The number of nitrogens with zero attached hydrogens (tertiary/aromatic N) is 1. The molecule has 0 unspecified atom stereocenters. The molecule has 1 heterocycles. The summed E-state index contributed by atoms with van der Waals surface area (Å²) in [5, 5.41) is 0. The van der Waals surface area contributed by atoms with E-state index in [2.05, 4.69) is 18.7 Å². The van der Waals surface area contributed by atoms with Crippen LogP contribution in [0.4, 0.5) is 4.39 Å². The number of piperidine rings is 1. The number of rotatable bonds is 1. The van der Waals surface area contributed by atoms with E-state index in [1.165, 1.54) is 32.5 Å². The summed E-state index contributed by atoms with van der Waals surface area (Å²) in [5.41, 5.74) is 0. The van der Waals surface area contributed by atoms with Crippen molar-refractivity contribution in [3.63, 3.8) is 0 Å². The predicted molar refractivity (Wildman–Crippen MR) is 47.5 cm³/mol. The second-order valence-corrected chi connectivity index (χ2v) is 3.12. The summed E-state index contributed by atoms with van der Waals surface area (Å²) in [6.07, 6.45) is 2.82. The standard InChI is InChI=1S/C8H17N.CH3F/c1-3-9-6-4-8(2)5-7-9;1-2/h8H,3-7H2,1-2H3;1H3. The van der Waals surface area contributed by atoms with Gasteiger partial charge in [-0.2, -0.15) is 0 Å². The Morgan fingerprint density at radius 3 is 2.09 bits per heavy atom. The molecule has 0 aromatic rings. The van der Waals surface area contributed by atoms with Crippen LogP contribution in [0.25, 0.3) is 0 Å². The van der Waals surface area contributed by atoms with E-state index in [1.54, 1.807) is 0 Å². The average molecular weight is 161 g/mol. The highest BCUT2D eigenvalue weighted by Crippen LogP contribution is 2.14. The van der Waals surface area contributed by atoms with Crippen LogP contribution in [0.15, 0.2) is 0 Å². The van der Waals surface area contributed by atoms with Crippen molar-refractivity contribution in [1.29, 1.82) is 0 Å². The summed E-state index contributed by atoms with van der Waals surface area (Å²) >= 11 is 0. The number of alkyl halides is 1. The minimum absolute atomic E-state index is 0.500. The maximum Gasteiger partial charge on any atom is 0.0785 e. The third-order valence-electron chi connectivity index (χ3n) is 2.32. The highest BCUT2D eigenvalue weighted by atomic mass is 19.1. The molecule has 0 radical (unpaired) electrons. The lowest BCUT2D eigenvalue weighted by molar-refractivity contribution is 0.201. The van der Waals surface area contributed by atoms with Gasteiger partial charge in [-0.25, -0.2) is 0 Å². The lowest BCUT2D eigenvalue weighted by Crippen LogP contribution is -2.32. The summed E-state index contributed by atoms with van der Waals surface area (Å²) in [5.74, 6) is 0.979. The van der Waals surface area contributed by atoms with Gasteiger partial charge in [0.1, 0.15) is 0 Å². The third kappa shape index (κ3) is 4.35. The molecule has 1 fully saturated rings. The number of hydrogen-bond donors (Lipinski definition) is 0. The van der Waals surface area contributed by atoms with Crippen LogP contribution >= 0.6 is 0 Å². The fourth-order valence-corrected chi connectivity index (χ4v) is 1.38. The van der Waals surface area contributed by atoms with Crippen LogP contribution in [0, 0.1) is 5.92 Å². The first-order chi connectivity index (χ1) is 5.33. The highest BCUT2D eigenvalue weighted by Gasteiger charge is 2.12. The molecular formula is C9H20FN. The summed E-state index contributed by atoms with van der Waals surface area (Å²) in [7, 11) is 0.500. The molecule has 1 saturated heterocycles. The molecule has 0 aliphatic carbocycles. The van der Waals surface area contributed by atoms with Gasteiger partial charge >= 0.3 is 0 Å². The van der Waals surface area contributed by atoms with Gasteiger partial charge in [-0.3, -0.25) is 4.39 Å². The molecule has 11 heavy (non-hydrogen) atoms. The largest absolute Gasteiger partial charge is 0.304 e. The van der Waals surface area contributed by atoms with E-state index in [4.69, 9.17) is 0 Å². The van der Waals surface area contributed by atoms with Crippen molar-refractivity contribution in [2.45, 2.75) is 26.7 Å². The van der Waals surface area contributed by atoms with E-state index in [1.807, 2.05) is 0 Å². The van der Waals surface area contributed by atoms with Gasteiger partial charge in [-0.05, 0) is 38.4 Å². The van der Waals surface area contributed by atoms with Crippen LogP contribution in [0.1, 0.15) is 26.7 Å². The lowest BCUT2D eigenvalue weighted by atomic mass is 9.99. The Balaban J connectivity index is 0.000000461. The Morgan fingerprint density at radius 2 is 1.73 bits per heavy atom. The zero-order valence-corrected chi connectivity index (χ0v) is 7.94. The van der Waals surface area contributed by atoms with E-state index >= 15 is 0 Å². The van der Waals surface area contributed by atoms with E-state index in [0.717, 1.165) is 5.92 Å². The Labute approximate surface area is 69.6 Å². The molecule has 0 spiro atoms. The molecular weight excluding hydrogens is 141 g/mol. The number of likely N-dealkylation sites (tertiary alicyclic amines) is 1. The van der Waals surface area contributed by atoms with Crippen molar-refractivity contribution >= 4 is 0 Å². The lowest BCUT2D eigenvalue weighted by Gasteiger charge is -2.28. The van der Waals surface area contributed by atoms with Crippen LogP contribution in [-0.2, 0) is 0 Å². The molecule has 0 aromatic carbocycles. The Bertz CT molecular complexity index is 77.6. The maximum absolute atomic E-state index is 9.50. The van der Waals surface area contributed by atoms with E-state index < -0.39 is 0 Å². The molecule has 2 heteroatoms. The Hall–Kier alpha value is -0.110. The van der Waals surface area contributed by atoms with Crippen molar-refractivity contribution in [3.8, 4) is 0 Å². The molecule has 68 valence electrons. The van der Waals surface area contributed by atoms with Crippen LogP contribution < -0.4 is 0 Å². The van der Waals surface area contributed by atoms with Crippen LogP contribution in [0.5, 0.6) is 0 Å². The molecule has 1 nitrogen and oxygen atoms in total. The Kier molecular flexibility index (Phi) is 6.52. The minimum Gasteiger partial charge on any atom is -0.304 e. The summed E-state index contributed by atoms with van der Waals surface area (Å²) in [6, 6.07) is 0. The molecule has 0 aromatic heterocycles. The monoisotopic (exact) mass is 161 g/mol. The SMILES string of the molecule is CCN1CCC(C)CC1.CF. The first kappa shape index (κ1) is 10.9. The van der Waals surface area contributed by atoms with Crippen LogP contribution in [-0.4, -0.2) is 31.7 Å². The van der Waals surface area contributed by atoms with Gasteiger partial charge in [0.05, 0.1) is 7.18 Å². The van der Waals surface area contributed by atoms with E-state index in [0.29, 0.717) is 7.18 Å². The van der Waals surface area contributed by atoms with Gasteiger partial charge in [0.2, 0.25) is 0 Å². The van der Waals surface area contributed by atoms with Gasteiger partial charge in [0.25, 0.3) is 0 Å². The zero-order valence-electron chi connectivity index (χ0n) is 7.94. The second-order valence-electron chi connectivity index (χ2n) is 3.12. The van der Waals surface area contributed by atoms with Crippen molar-refractivity contribution in [2.24, 2.45) is 5.92 Å². The molecule has 1 aliphatic rings. The predicted octanol–water partition coefficient (Wildman–Crippen LogP) is 2.32. The molecule has 0 amide bonds. The van der Waals surface area contributed by atoms with Crippen molar-refractivity contribution in [2.75, 3.05) is 26.8 Å². The Morgan fingerprint density at radius 1 is 1.27 bits per heavy atom. The maximum atomic E-state index is 9.50. The minimum atomic E-state index is 0.500. The molecule has 1 rings (SSSR count). The highest BCUT2D eigenvalue weighted by molar-refractivity contribution is 4.67. The second kappa shape index (κ2) is 6.59. The van der Waals surface area contributed by atoms with Crippen molar-refractivity contribution < 1.29 is 4.39 Å². The van der Waals surface area contributed by atoms with Crippen LogP contribution in [0.2, 0.25) is 0 Å². The fraction of sp³-hybridized carbons (Fsp3) is 1.00. The first-order valence-corrected chi connectivity index (χ1v) is 4.43. The van der Waals surface area contributed by atoms with Crippen LogP contribution in [0.3, 0.4) is 0 Å². The fourth-order valence-electron chi connectivity index (χ4n) is 1.38. The van der Waals surface area contributed by atoms with E-state index in [9.17, 15) is 4.39 Å². The van der Waals surface area contributed by atoms with Gasteiger partial charge < -0.3 is 4.90 Å². The molecule has 0 saturated carbocycles. The summed E-state index contributed by atoms with van der Waals surface area (Å²) in [4.78, 5) is 2.53. The van der Waals surface area contributed by atoms with E-state index in [-0.39, 0.29) is 0 Å². The molecule has 0 atom stereocenters. The van der Waals surface area contributed by atoms with Crippen molar-refractivity contribution in [1.82, 2.24) is 4.90 Å². The third-order valence-corrected chi connectivity index (χ3v) is 2.32. The van der Waals surface area contributed by atoms with Gasteiger partial charge in [-0.15, -0.1) is 0 Å². The zero-order chi connectivity index (χ0) is 8.69. The van der Waals surface area contributed by atoms with Gasteiger partial charge in [0.15, 0.2) is 0 Å². The van der Waals surface area contributed by atoms with Crippen molar-refractivity contribution in [3.05, 3.63) is 0 Å². The number of hydrogen-bond acceptors (Lipinski definition) is 1. The average Bonchev–Trinajstić information content (AvgIpc) is 2.10. The topological polar surface area (TPSA) is 3.24 Å². The summed E-state index contributed by atoms with van der Waals surface area (Å²) in [6.45, 7) is 8.51. The number of halogens is 1.